The number of aliphatic imine (C=N–C) groups is 2. The van der Waals surface area contributed by atoms with Crippen molar-refractivity contribution in [3.8, 4) is 0 Å². The molecule has 4 rings (SSSR count). The second kappa shape index (κ2) is 7.20. The molecule has 145 valence electrons. The molecule has 0 saturated carbocycles. The standard InChI is InChI=1S/C19H12BrF4N2O2/c20-10-5-6-12(14(21)7-10)15-8-27-18(26-15)17-16(25-9-28-17)11-3-1-2-4-13(11)19(22,23)24/h1-7,15-17H,8H2. The average Bonchev–Trinajstić information content (AvgIpc) is 3.30. The molecule has 0 aromatic heterocycles. The predicted molar refractivity (Wildman–Crippen MR) is 96.7 cm³/mol. The summed E-state index contributed by atoms with van der Waals surface area (Å²) >= 11 is 3.19. The number of hydrogen-bond donors (Lipinski definition) is 0. The van der Waals surface area contributed by atoms with Gasteiger partial charge in [0.1, 0.15) is 24.5 Å². The van der Waals surface area contributed by atoms with Gasteiger partial charge in [0, 0.05) is 10.0 Å². The van der Waals surface area contributed by atoms with Gasteiger partial charge in [-0.2, -0.15) is 13.2 Å². The number of benzene rings is 2. The first-order valence-electron chi connectivity index (χ1n) is 8.26. The maximum atomic E-state index is 14.2. The number of ether oxygens (including phenoxy) is 2. The Kier molecular flexibility index (Phi) is 4.86. The summed E-state index contributed by atoms with van der Waals surface area (Å²) < 4.78 is 65.6. The van der Waals surface area contributed by atoms with E-state index in [9.17, 15) is 17.6 Å². The molecule has 2 aliphatic rings. The molecule has 0 spiro atoms. The lowest BCUT2D eigenvalue weighted by atomic mass is 9.96. The van der Waals surface area contributed by atoms with E-state index in [1.807, 2.05) is 0 Å². The molecule has 28 heavy (non-hydrogen) atoms. The highest BCUT2D eigenvalue weighted by molar-refractivity contribution is 9.10. The first-order valence-corrected chi connectivity index (χ1v) is 9.06. The molecule has 2 aromatic carbocycles. The molecule has 9 heteroatoms. The minimum absolute atomic E-state index is 0.0569. The zero-order chi connectivity index (χ0) is 19.9. The van der Waals surface area contributed by atoms with E-state index >= 15 is 0 Å². The monoisotopic (exact) mass is 455 g/mol. The highest BCUT2D eigenvalue weighted by Gasteiger charge is 2.43. The molecule has 2 aliphatic heterocycles. The van der Waals surface area contributed by atoms with E-state index in [2.05, 4.69) is 32.3 Å². The molecule has 2 aromatic rings. The number of hydrogen-bond acceptors (Lipinski definition) is 4. The summed E-state index contributed by atoms with van der Waals surface area (Å²) in [6, 6.07) is 8.06. The quantitative estimate of drug-likeness (QED) is 0.602. The smallest absolute Gasteiger partial charge is 0.416 e. The topological polar surface area (TPSA) is 43.2 Å². The number of alkyl halides is 3. The second-order valence-electron chi connectivity index (χ2n) is 6.25. The van der Waals surface area contributed by atoms with E-state index in [0.29, 0.717) is 10.0 Å². The Hall–Kier alpha value is -2.42. The van der Waals surface area contributed by atoms with Gasteiger partial charge in [-0.05, 0) is 23.8 Å². The molecule has 0 aliphatic carbocycles. The maximum Gasteiger partial charge on any atom is 0.416 e. The molecule has 4 nitrogen and oxygen atoms in total. The molecule has 0 amide bonds. The fraction of sp³-hybridized carbons (Fsp3) is 0.263. The molecular formula is C19H12BrF4N2O2. The molecule has 0 fully saturated rings. The minimum atomic E-state index is -4.54. The highest BCUT2D eigenvalue weighted by Crippen LogP contribution is 2.40. The second-order valence-corrected chi connectivity index (χ2v) is 7.16. The Balaban J connectivity index is 1.64. The van der Waals surface area contributed by atoms with Crippen molar-refractivity contribution < 1.29 is 27.0 Å². The van der Waals surface area contributed by atoms with E-state index in [1.165, 1.54) is 24.3 Å². The van der Waals surface area contributed by atoms with Crippen LogP contribution in [0.1, 0.15) is 28.8 Å². The van der Waals surface area contributed by atoms with Crippen molar-refractivity contribution in [1.29, 1.82) is 0 Å². The van der Waals surface area contributed by atoms with Gasteiger partial charge >= 0.3 is 6.18 Å². The fourth-order valence-electron chi connectivity index (χ4n) is 3.19. The van der Waals surface area contributed by atoms with Gasteiger partial charge in [-0.3, -0.25) is 0 Å². The van der Waals surface area contributed by atoms with Crippen LogP contribution < -0.4 is 0 Å². The summed E-state index contributed by atoms with van der Waals surface area (Å²) in [5.41, 5.74) is -0.543. The molecule has 0 saturated heterocycles. The SMILES string of the molecule is Fc1cc(Br)ccc1C1COC(C2O[C]=NC2c2ccccc2C(F)(F)F)=N1. The van der Waals surface area contributed by atoms with Crippen LogP contribution >= 0.6 is 15.9 Å². The van der Waals surface area contributed by atoms with Gasteiger partial charge in [0.25, 0.3) is 6.40 Å². The highest BCUT2D eigenvalue weighted by atomic mass is 79.9. The van der Waals surface area contributed by atoms with Gasteiger partial charge in [0.2, 0.25) is 12.0 Å². The lowest BCUT2D eigenvalue weighted by Gasteiger charge is -2.20. The Bertz CT molecular complexity index is 961. The van der Waals surface area contributed by atoms with Crippen molar-refractivity contribution >= 4 is 28.2 Å². The van der Waals surface area contributed by atoms with Crippen LogP contribution in [0.3, 0.4) is 0 Å². The van der Waals surface area contributed by atoms with Crippen molar-refractivity contribution in [2.75, 3.05) is 6.61 Å². The van der Waals surface area contributed by atoms with Crippen molar-refractivity contribution in [1.82, 2.24) is 0 Å². The Morgan fingerprint density at radius 3 is 2.64 bits per heavy atom. The lowest BCUT2D eigenvalue weighted by molar-refractivity contribution is -0.138. The summed E-state index contributed by atoms with van der Waals surface area (Å²) in [4.78, 5) is 8.25. The molecule has 3 unspecified atom stereocenters. The van der Waals surface area contributed by atoms with Crippen LogP contribution in [0.4, 0.5) is 17.6 Å². The molecule has 2 heterocycles. The number of rotatable bonds is 3. The lowest BCUT2D eigenvalue weighted by Crippen LogP contribution is -2.28. The van der Waals surface area contributed by atoms with Gasteiger partial charge in [-0.1, -0.05) is 40.2 Å². The summed E-state index contributed by atoms with van der Waals surface area (Å²) in [5.74, 6) is -0.384. The molecule has 0 bridgehead atoms. The van der Waals surface area contributed by atoms with Crippen molar-refractivity contribution in [3.63, 3.8) is 0 Å². The summed E-state index contributed by atoms with van der Waals surface area (Å²) in [5, 5.41) is 0. The third-order valence-electron chi connectivity index (χ3n) is 4.48. The van der Waals surface area contributed by atoms with Crippen LogP contribution in [0.5, 0.6) is 0 Å². The van der Waals surface area contributed by atoms with Gasteiger partial charge in [0.05, 0.1) is 5.56 Å². The van der Waals surface area contributed by atoms with E-state index in [-0.39, 0.29) is 18.1 Å². The summed E-state index contributed by atoms with van der Waals surface area (Å²) in [7, 11) is 0. The zero-order valence-electron chi connectivity index (χ0n) is 14.1. The van der Waals surface area contributed by atoms with Gasteiger partial charge in [0.15, 0.2) is 0 Å². The molecular weight excluding hydrogens is 444 g/mol. The van der Waals surface area contributed by atoms with Crippen molar-refractivity contribution in [3.05, 3.63) is 69.4 Å². The van der Waals surface area contributed by atoms with E-state index in [0.717, 1.165) is 6.07 Å². The van der Waals surface area contributed by atoms with Gasteiger partial charge in [-0.15, -0.1) is 0 Å². The van der Waals surface area contributed by atoms with Crippen LogP contribution in [0.2, 0.25) is 0 Å². The Morgan fingerprint density at radius 1 is 1.11 bits per heavy atom. The van der Waals surface area contributed by atoms with Crippen LogP contribution in [0, 0.1) is 5.82 Å². The largest absolute Gasteiger partial charge is 0.476 e. The van der Waals surface area contributed by atoms with Gasteiger partial charge in [-0.25, -0.2) is 14.4 Å². The van der Waals surface area contributed by atoms with E-state index in [4.69, 9.17) is 9.47 Å². The van der Waals surface area contributed by atoms with Crippen LogP contribution in [0.15, 0.2) is 56.9 Å². The van der Waals surface area contributed by atoms with Crippen LogP contribution in [-0.2, 0) is 15.7 Å². The predicted octanol–water partition coefficient (Wildman–Crippen LogP) is 5.12. The minimum Gasteiger partial charge on any atom is -0.476 e. The van der Waals surface area contributed by atoms with Crippen molar-refractivity contribution in [2.45, 2.75) is 24.4 Å². The first-order chi connectivity index (χ1) is 13.3. The van der Waals surface area contributed by atoms with Gasteiger partial charge < -0.3 is 9.47 Å². The third kappa shape index (κ3) is 3.50. The third-order valence-corrected chi connectivity index (χ3v) is 4.97. The molecule has 1 radical (unpaired) electrons. The summed E-state index contributed by atoms with van der Waals surface area (Å²) in [6.07, 6.45) is -3.27. The van der Waals surface area contributed by atoms with Crippen LogP contribution in [0.25, 0.3) is 0 Å². The Morgan fingerprint density at radius 2 is 1.89 bits per heavy atom. The van der Waals surface area contributed by atoms with E-state index in [1.54, 1.807) is 12.1 Å². The normalized spacial score (nSPS) is 24.0. The number of nitrogens with zero attached hydrogens (tertiary/aromatic N) is 2. The first kappa shape index (κ1) is 18.9. The maximum absolute atomic E-state index is 14.2. The Labute approximate surface area is 166 Å². The molecule has 0 N–H and O–H groups in total. The number of halogens is 5. The fourth-order valence-corrected chi connectivity index (χ4v) is 3.52. The van der Waals surface area contributed by atoms with Crippen molar-refractivity contribution in [2.24, 2.45) is 9.98 Å². The molecule has 3 atom stereocenters. The van der Waals surface area contributed by atoms with E-state index < -0.39 is 35.7 Å². The zero-order valence-corrected chi connectivity index (χ0v) is 15.7. The average molecular weight is 456 g/mol. The summed E-state index contributed by atoms with van der Waals surface area (Å²) in [6.45, 7) is 0.0569. The van der Waals surface area contributed by atoms with Crippen LogP contribution in [-0.4, -0.2) is 25.0 Å².